The lowest BCUT2D eigenvalue weighted by atomic mass is 9.97. The van der Waals surface area contributed by atoms with E-state index in [1.165, 1.54) is 0 Å². The summed E-state index contributed by atoms with van der Waals surface area (Å²) < 4.78 is 10.9. The van der Waals surface area contributed by atoms with E-state index in [2.05, 4.69) is 20.4 Å². The van der Waals surface area contributed by atoms with Crippen molar-refractivity contribution in [3.05, 3.63) is 47.5 Å². The normalized spacial score (nSPS) is 12.7. The zero-order valence-electron chi connectivity index (χ0n) is 13.4. The molecule has 5 rings (SSSR count). The van der Waals surface area contributed by atoms with Crippen LogP contribution in [0.15, 0.2) is 42.5 Å². The van der Waals surface area contributed by atoms with Crippen molar-refractivity contribution in [3.8, 4) is 33.9 Å². The molecule has 2 aromatic carbocycles. The van der Waals surface area contributed by atoms with Gasteiger partial charge in [0.1, 0.15) is 5.69 Å². The molecule has 0 spiro atoms. The predicted octanol–water partition coefficient (Wildman–Crippen LogP) is 3.65. The molecule has 8 heteroatoms. The first-order chi connectivity index (χ1) is 12.7. The molecule has 2 aromatic heterocycles. The summed E-state index contributed by atoms with van der Waals surface area (Å²) in [4.78, 5) is 0. The Balaban J connectivity index is 1.81. The Labute approximate surface area is 152 Å². The maximum Gasteiger partial charge on any atom is 0.231 e. The topological polar surface area (TPSA) is 98.9 Å². The largest absolute Gasteiger partial charge is 0.454 e. The van der Waals surface area contributed by atoms with Gasteiger partial charge in [0.15, 0.2) is 23.0 Å². The highest BCUT2D eigenvalue weighted by atomic mass is 35.5. The summed E-state index contributed by atoms with van der Waals surface area (Å²) in [5, 5.41) is 16.9. The van der Waals surface area contributed by atoms with Gasteiger partial charge in [0.25, 0.3) is 0 Å². The number of nitrogen functional groups attached to an aromatic ring is 1. The minimum Gasteiger partial charge on any atom is -0.454 e. The standard InChI is InChI=1S/C18H12ClN5O2/c19-11-4-1-9(2-5-11)14-15-17(20)22-24-18(15)23-21-16(14)10-3-6-12-13(7-10)26-8-25-12/h1-7H,8H2,(H3,20,22,23,24). The van der Waals surface area contributed by atoms with Gasteiger partial charge in [-0.3, -0.25) is 5.10 Å². The van der Waals surface area contributed by atoms with Crippen LogP contribution in [-0.4, -0.2) is 27.2 Å². The smallest absolute Gasteiger partial charge is 0.231 e. The van der Waals surface area contributed by atoms with Crippen molar-refractivity contribution in [3.63, 3.8) is 0 Å². The number of anilines is 1. The third-order valence-electron chi connectivity index (χ3n) is 4.29. The summed E-state index contributed by atoms with van der Waals surface area (Å²) in [6.07, 6.45) is 0. The van der Waals surface area contributed by atoms with Crippen LogP contribution in [0.4, 0.5) is 5.82 Å². The number of benzene rings is 2. The fourth-order valence-electron chi connectivity index (χ4n) is 3.08. The number of nitrogens with one attached hydrogen (secondary N) is 1. The van der Waals surface area contributed by atoms with Gasteiger partial charge in [-0.25, -0.2) is 0 Å². The Morgan fingerprint density at radius 1 is 0.962 bits per heavy atom. The highest BCUT2D eigenvalue weighted by Crippen LogP contribution is 2.41. The van der Waals surface area contributed by atoms with Crippen LogP contribution < -0.4 is 15.2 Å². The van der Waals surface area contributed by atoms with Gasteiger partial charge in [0, 0.05) is 16.1 Å². The molecule has 1 aliphatic rings. The van der Waals surface area contributed by atoms with Crippen molar-refractivity contribution in [1.29, 1.82) is 0 Å². The number of ether oxygens (including phenoxy) is 2. The van der Waals surface area contributed by atoms with Gasteiger partial charge in [-0.1, -0.05) is 23.7 Å². The van der Waals surface area contributed by atoms with E-state index < -0.39 is 0 Å². The molecule has 128 valence electrons. The van der Waals surface area contributed by atoms with E-state index in [-0.39, 0.29) is 6.79 Å². The molecule has 0 unspecified atom stereocenters. The zero-order valence-corrected chi connectivity index (χ0v) is 14.1. The third-order valence-corrected chi connectivity index (χ3v) is 4.54. The van der Waals surface area contributed by atoms with Crippen LogP contribution in [-0.2, 0) is 0 Å². The summed E-state index contributed by atoms with van der Waals surface area (Å²) in [5.74, 6) is 1.74. The van der Waals surface area contributed by atoms with Crippen molar-refractivity contribution in [1.82, 2.24) is 20.4 Å². The molecular formula is C18H12ClN5O2. The monoisotopic (exact) mass is 365 g/mol. The van der Waals surface area contributed by atoms with Crippen molar-refractivity contribution < 1.29 is 9.47 Å². The molecule has 0 saturated carbocycles. The first kappa shape index (κ1) is 15.0. The Bertz CT molecular complexity index is 1140. The number of halogens is 1. The van der Waals surface area contributed by atoms with E-state index in [4.69, 9.17) is 26.8 Å². The maximum absolute atomic E-state index is 6.10. The molecule has 7 nitrogen and oxygen atoms in total. The van der Waals surface area contributed by atoms with Gasteiger partial charge in [-0.05, 0) is 35.9 Å². The molecule has 3 heterocycles. The Kier molecular flexibility index (Phi) is 3.23. The first-order valence-electron chi connectivity index (χ1n) is 7.87. The molecule has 0 aliphatic carbocycles. The van der Waals surface area contributed by atoms with E-state index in [1.807, 2.05) is 42.5 Å². The minimum absolute atomic E-state index is 0.211. The van der Waals surface area contributed by atoms with Crippen LogP contribution in [0.5, 0.6) is 11.5 Å². The molecular weight excluding hydrogens is 354 g/mol. The van der Waals surface area contributed by atoms with Crippen molar-refractivity contribution >= 4 is 28.5 Å². The van der Waals surface area contributed by atoms with E-state index in [9.17, 15) is 0 Å². The molecule has 1 aliphatic heterocycles. The van der Waals surface area contributed by atoms with Crippen LogP contribution in [0.3, 0.4) is 0 Å². The van der Waals surface area contributed by atoms with Crippen LogP contribution in [0.25, 0.3) is 33.4 Å². The predicted molar refractivity (Wildman–Crippen MR) is 98.1 cm³/mol. The summed E-state index contributed by atoms with van der Waals surface area (Å²) in [7, 11) is 0. The second kappa shape index (κ2) is 5.60. The zero-order chi connectivity index (χ0) is 17.7. The first-order valence-corrected chi connectivity index (χ1v) is 8.25. The number of H-pyrrole nitrogens is 1. The van der Waals surface area contributed by atoms with Crippen LogP contribution in [0.2, 0.25) is 5.02 Å². The summed E-state index contributed by atoms with van der Waals surface area (Å²) in [5.41, 5.74) is 9.88. The number of nitrogens with zero attached hydrogens (tertiary/aromatic N) is 3. The number of rotatable bonds is 2. The second-order valence-electron chi connectivity index (χ2n) is 5.83. The Morgan fingerprint density at radius 2 is 1.73 bits per heavy atom. The van der Waals surface area contributed by atoms with E-state index in [0.29, 0.717) is 33.7 Å². The molecule has 0 saturated heterocycles. The lowest BCUT2D eigenvalue weighted by molar-refractivity contribution is 0.174. The summed E-state index contributed by atoms with van der Waals surface area (Å²) >= 11 is 6.05. The highest BCUT2D eigenvalue weighted by Gasteiger charge is 2.21. The molecule has 0 fully saturated rings. The molecule has 0 bridgehead atoms. The molecule has 0 atom stereocenters. The lowest BCUT2D eigenvalue weighted by Crippen LogP contribution is -1.96. The summed E-state index contributed by atoms with van der Waals surface area (Å²) in [6, 6.07) is 13.1. The number of aromatic nitrogens is 4. The van der Waals surface area contributed by atoms with Crippen molar-refractivity contribution in [2.45, 2.75) is 0 Å². The fourth-order valence-corrected chi connectivity index (χ4v) is 3.20. The van der Waals surface area contributed by atoms with Crippen LogP contribution in [0.1, 0.15) is 0 Å². The summed E-state index contributed by atoms with van der Waals surface area (Å²) in [6.45, 7) is 0.211. The molecule has 4 aromatic rings. The minimum atomic E-state index is 0.211. The third kappa shape index (κ3) is 2.25. The van der Waals surface area contributed by atoms with Crippen LogP contribution >= 0.6 is 11.6 Å². The number of fused-ring (bicyclic) bond motifs is 2. The lowest BCUT2D eigenvalue weighted by Gasteiger charge is -2.11. The quantitative estimate of drug-likeness (QED) is 0.562. The number of hydrogen-bond donors (Lipinski definition) is 2. The van der Waals surface area contributed by atoms with Gasteiger partial charge >= 0.3 is 0 Å². The Morgan fingerprint density at radius 3 is 2.58 bits per heavy atom. The molecule has 0 radical (unpaired) electrons. The average Bonchev–Trinajstić information content (AvgIpc) is 3.28. The molecule has 26 heavy (non-hydrogen) atoms. The molecule has 3 N–H and O–H groups in total. The number of hydrogen-bond acceptors (Lipinski definition) is 6. The van der Waals surface area contributed by atoms with Gasteiger partial charge in [-0.15, -0.1) is 10.2 Å². The van der Waals surface area contributed by atoms with Gasteiger partial charge < -0.3 is 15.2 Å². The highest BCUT2D eigenvalue weighted by molar-refractivity contribution is 6.30. The van der Waals surface area contributed by atoms with Crippen molar-refractivity contribution in [2.75, 3.05) is 12.5 Å². The second-order valence-corrected chi connectivity index (χ2v) is 6.27. The van der Waals surface area contributed by atoms with Crippen LogP contribution in [0, 0.1) is 0 Å². The van der Waals surface area contributed by atoms with E-state index in [0.717, 1.165) is 22.1 Å². The Hall–Kier alpha value is -3.32. The SMILES string of the molecule is Nc1n[nH]c2nnc(-c3ccc4c(c3)OCO4)c(-c3ccc(Cl)cc3)c12. The average molecular weight is 366 g/mol. The van der Waals surface area contributed by atoms with E-state index >= 15 is 0 Å². The van der Waals surface area contributed by atoms with E-state index in [1.54, 1.807) is 0 Å². The van der Waals surface area contributed by atoms with Crippen molar-refractivity contribution in [2.24, 2.45) is 0 Å². The fraction of sp³-hybridized carbons (Fsp3) is 0.0556. The van der Waals surface area contributed by atoms with Gasteiger partial charge in [0.2, 0.25) is 6.79 Å². The molecule has 0 amide bonds. The van der Waals surface area contributed by atoms with Gasteiger partial charge in [0.05, 0.1) is 5.39 Å². The maximum atomic E-state index is 6.10. The van der Waals surface area contributed by atoms with Gasteiger partial charge in [-0.2, -0.15) is 5.10 Å². The number of nitrogens with two attached hydrogens (primary N) is 1. The number of aromatic amines is 1.